The molecule has 3 heteroatoms. The third kappa shape index (κ3) is 1.63. The van der Waals surface area contributed by atoms with Crippen LogP contribution in [0.3, 0.4) is 0 Å². The summed E-state index contributed by atoms with van der Waals surface area (Å²) >= 11 is 0. The minimum Gasteiger partial charge on any atom is -0.507 e. The van der Waals surface area contributed by atoms with Crippen molar-refractivity contribution in [3.63, 3.8) is 0 Å². The average Bonchev–Trinajstić information content (AvgIpc) is 2.61. The van der Waals surface area contributed by atoms with Crippen LogP contribution in [0.15, 0.2) is 12.1 Å². The van der Waals surface area contributed by atoms with Crippen LogP contribution in [-0.2, 0) is 13.1 Å². The highest BCUT2D eigenvalue weighted by molar-refractivity contribution is 5.82. The van der Waals surface area contributed by atoms with Crippen LogP contribution < -0.4 is 0 Å². The van der Waals surface area contributed by atoms with E-state index in [0.29, 0.717) is 11.6 Å². The summed E-state index contributed by atoms with van der Waals surface area (Å²) in [6.07, 6.45) is 0.748. The molecule has 3 nitrogen and oxygen atoms in total. The van der Waals surface area contributed by atoms with E-state index in [9.17, 15) is 9.90 Å². The van der Waals surface area contributed by atoms with Gasteiger partial charge in [-0.15, -0.1) is 0 Å². The quantitative estimate of drug-likeness (QED) is 0.750. The molecular weight excluding hydrogens is 190 g/mol. The molecule has 0 aliphatic carbocycles. The first-order chi connectivity index (χ1) is 7.13. The number of aromatic hydroxyl groups is 1. The molecule has 0 fully saturated rings. The Labute approximate surface area is 89.3 Å². The van der Waals surface area contributed by atoms with Gasteiger partial charge in [0.1, 0.15) is 5.75 Å². The number of phenols is 1. The molecule has 0 saturated carbocycles. The van der Waals surface area contributed by atoms with Crippen LogP contribution >= 0.6 is 0 Å². The normalized spacial score (nSPS) is 15.7. The van der Waals surface area contributed by atoms with Gasteiger partial charge in [-0.3, -0.25) is 9.69 Å². The Morgan fingerprint density at radius 1 is 1.40 bits per heavy atom. The van der Waals surface area contributed by atoms with Crippen molar-refractivity contribution < 1.29 is 9.90 Å². The summed E-state index contributed by atoms with van der Waals surface area (Å²) in [4.78, 5) is 13.2. The summed E-state index contributed by atoms with van der Waals surface area (Å²) in [7, 11) is 0. The van der Waals surface area contributed by atoms with Crippen LogP contribution in [0.1, 0.15) is 35.3 Å². The van der Waals surface area contributed by atoms with Gasteiger partial charge >= 0.3 is 0 Å². The summed E-state index contributed by atoms with van der Waals surface area (Å²) in [5.41, 5.74) is 2.60. The standard InChI is InChI=1S/C12H15NO2/c1-8(2)13-5-9-3-4-12(15)11(7-14)10(9)6-13/h3-4,7-8,15H,5-6H2,1-2H3. The lowest BCUT2D eigenvalue weighted by molar-refractivity contribution is 0.111. The minimum absolute atomic E-state index is 0.0920. The van der Waals surface area contributed by atoms with Crippen molar-refractivity contribution in [2.45, 2.75) is 33.0 Å². The zero-order valence-corrected chi connectivity index (χ0v) is 9.03. The summed E-state index contributed by atoms with van der Waals surface area (Å²) in [5, 5.41) is 9.55. The third-order valence-electron chi connectivity index (χ3n) is 3.01. The van der Waals surface area contributed by atoms with Crippen molar-refractivity contribution in [1.29, 1.82) is 0 Å². The molecule has 0 amide bonds. The molecule has 15 heavy (non-hydrogen) atoms. The van der Waals surface area contributed by atoms with Crippen LogP contribution in [0.25, 0.3) is 0 Å². The van der Waals surface area contributed by atoms with Gasteiger partial charge in [0.15, 0.2) is 6.29 Å². The Hall–Kier alpha value is -1.35. The Morgan fingerprint density at radius 3 is 2.73 bits per heavy atom. The summed E-state index contributed by atoms with van der Waals surface area (Å²) in [5.74, 6) is 0.0920. The number of carbonyl (C=O) groups excluding carboxylic acids is 1. The molecule has 1 heterocycles. The van der Waals surface area contributed by atoms with E-state index in [1.165, 1.54) is 0 Å². The van der Waals surface area contributed by atoms with Crippen LogP contribution in [-0.4, -0.2) is 22.3 Å². The van der Waals surface area contributed by atoms with Gasteiger partial charge in [0, 0.05) is 19.1 Å². The number of carbonyl (C=O) groups is 1. The third-order valence-corrected chi connectivity index (χ3v) is 3.01. The molecule has 80 valence electrons. The molecule has 1 aromatic carbocycles. The monoisotopic (exact) mass is 205 g/mol. The van der Waals surface area contributed by atoms with E-state index < -0.39 is 0 Å². The zero-order valence-electron chi connectivity index (χ0n) is 9.03. The molecule has 0 unspecified atom stereocenters. The number of rotatable bonds is 2. The highest BCUT2D eigenvalue weighted by atomic mass is 16.3. The molecule has 0 saturated heterocycles. The molecular formula is C12H15NO2. The second kappa shape index (κ2) is 3.66. The fraction of sp³-hybridized carbons (Fsp3) is 0.417. The average molecular weight is 205 g/mol. The van der Waals surface area contributed by atoms with Crippen molar-refractivity contribution in [1.82, 2.24) is 4.90 Å². The Morgan fingerprint density at radius 2 is 2.13 bits per heavy atom. The van der Waals surface area contributed by atoms with E-state index in [4.69, 9.17) is 0 Å². The topological polar surface area (TPSA) is 40.5 Å². The first-order valence-corrected chi connectivity index (χ1v) is 5.16. The lowest BCUT2D eigenvalue weighted by atomic mass is 10.0. The molecule has 0 bridgehead atoms. The minimum atomic E-state index is 0.0920. The maximum atomic E-state index is 10.9. The molecule has 0 radical (unpaired) electrons. The predicted molar refractivity (Wildman–Crippen MR) is 57.9 cm³/mol. The Bertz CT molecular complexity index is 399. The lowest BCUT2D eigenvalue weighted by Crippen LogP contribution is -2.24. The molecule has 2 rings (SSSR count). The number of fused-ring (bicyclic) bond motifs is 1. The molecule has 0 aromatic heterocycles. The van der Waals surface area contributed by atoms with Gasteiger partial charge in [0.2, 0.25) is 0 Å². The number of phenolic OH excluding ortho intramolecular Hbond substituents is 1. The van der Waals surface area contributed by atoms with Crippen LogP contribution in [0.4, 0.5) is 0 Å². The summed E-state index contributed by atoms with van der Waals surface area (Å²) in [6, 6.07) is 3.96. The number of hydrogen-bond acceptors (Lipinski definition) is 3. The zero-order chi connectivity index (χ0) is 11.0. The Balaban J connectivity index is 2.41. The molecule has 0 spiro atoms. The van der Waals surface area contributed by atoms with Crippen LogP contribution in [0.2, 0.25) is 0 Å². The van der Waals surface area contributed by atoms with Crippen molar-refractivity contribution in [3.05, 3.63) is 28.8 Å². The SMILES string of the molecule is CC(C)N1Cc2ccc(O)c(C=O)c2C1. The summed E-state index contributed by atoms with van der Waals surface area (Å²) < 4.78 is 0. The van der Waals surface area contributed by atoms with E-state index >= 15 is 0 Å². The largest absolute Gasteiger partial charge is 0.507 e. The molecule has 1 aliphatic rings. The van der Waals surface area contributed by atoms with Crippen molar-refractivity contribution in [3.8, 4) is 5.75 Å². The van der Waals surface area contributed by atoms with Gasteiger partial charge in [0.05, 0.1) is 5.56 Å². The maximum absolute atomic E-state index is 10.9. The van der Waals surface area contributed by atoms with Gasteiger partial charge in [-0.1, -0.05) is 6.07 Å². The lowest BCUT2D eigenvalue weighted by Gasteiger charge is -2.19. The summed E-state index contributed by atoms with van der Waals surface area (Å²) in [6.45, 7) is 5.89. The predicted octanol–water partition coefficient (Wildman–Crippen LogP) is 1.93. The van der Waals surface area contributed by atoms with E-state index in [1.54, 1.807) is 6.07 Å². The highest BCUT2D eigenvalue weighted by Crippen LogP contribution is 2.31. The van der Waals surface area contributed by atoms with E-state index in [-0.39, 0.29) is 5.75 Å². The first-order valence-electron chi connectivity index (χ1n) is 5.16. The van der Waals surface area contributed by atoms with Gasteiger partial charge in [-0.05, 0) is 31.0 Å². The molecule has 0 atom stereocenters. The van der Waals surface area contributed by atoms with Gasteiger partial charge in [-0.2, -0.15) is 0 Å². The van der Waals surface area contributed by atoms with E-state index in [2.05, 4.69) is 18.7 Å². The molecule has 1 aromatic rings. The van der Waals surface area contributed by atoms with E-state index in [1.807, 2.05) is 6.07 Å². The van der Waals surface area contributed by atoms with Gasteiger partial charge in [0.25, 0.3) is 0 Å². The van der Waals surface area contributed by atoms with Crippen molar-refractivity contribution in [2.24, 2.45) is 0 Å². The second-order valence-electron chi connectivity index (χ2n) is 4.25. The first kappa shape index (κ1) is 10.2. The molecule has 1 N–H and O–H groups in total. The van der Waals surface area contributed by atoms with Crippen molar-refractivity contribution in [2.75, 3.05) is 0 Å². The number of nitrogens with zero attached hydrogens (tertiary/aromatic N) is 1. The smallest absolute Gasteiger partial charge is 0.154 e. The van der Waals surface area contributed by atoms with Crippen LogP contribution in [0.5, 0.6) is 5.75 Å². The number of benzene rings is 1. The fourth-order valence-electron chi connectivity index (χ4n) is 2.01. The maximum Gasteiger partial charge on any atom is 0.154 e. The second-order valence-corrected chi connectivity index (χ2v) is 4.25. The van der Waals surface area contributed by atoms with Crippen molar-refractivity contribution >= 4 is 6.29 Å². The number of hydrogen-bond donors (Lipinski definition) is 1. The Kier molecular flexibility index (Phi) is 2.49. The highest BCUT2D eigenvalue weighted by Gasteiger charge is 2.24. The van der Waals surface area contributed by atoms with Crippen LogP contribution in [0, 0.1) is 0 Å². The number of aldehydes is 1. The fourth-order valence-corrected chi connectivity index (χ4v) is 2.01. The molecule has 1 aliphatic heterocycles. The van der Waals surface area contributed by atoms with Gasteiger partial charge < -0.3 is 5.11 Å². The van der Waals surface area contributed by atoms with Gasteiger partial charge in [-0.25, -0.2) is 0 Å². The van der Waals surface area contributed by atoms with E-state index in [0.717, 1.165) is 30.5 Å².